The lowest BCUT2D eigenvalue weighted by molar-refractivity contribution is -0.0877. The highest BCUT2D eigenvalue weighted by atomic mass is 35.5. The monoisotopic (exact) mass is 527 g/mol. The molecule has 2 bridgehead atoms. The Kier molecular flexibility index (Phi) is 4.78. The molecule has 0 radical (unpaired) electrons. The van der Waals surface area contributed by atoms with Crippen LogP contribution in [0.15, 0.2) is 59.1 Å². The van der Waals surface area contributed by atoms with E-state index in [0.29, 0.717) is 58.2 Å². The first kappa shape index (κ1) is 23.0. The predicted molar refractivity (Wildman–Crippen MR) is 141 cm³/mol. The van der Waals surface area contributed by atoms with E-state index in [-0.39, 0.29) is 18.4 Å². The Labute approximate surface area is 222 Å². The molecule has 0 aliphatic carbocycles. The number of halogens is 1. The van der Waals surface area contributed by atoms with Crippen LogP contribution in [0.3, 0.4) is 0 Å². The van der Waals surface area contributed by atoms with Crippen molar-refractivity contribution in [2.75, 3.05) is 6.61 Å². The molecule has 5 aromatic rings. The summed E-state index contributed by atoms with van der Waals surface area (Å²) in [6, 6.07) is 16.2. The first-order valence-electron chi connectivity index (χ1n) is 12.3. The zero-order valence-corrected chi connectivity index (χ0v) is 21.1. The van der Waals surface area contributed by atoms with E-state index in [9.17, 15) is 10.2 Å². The maximum absolute atomic E-state index is 11.6. The van der Waals surface area contributed by atoms with Gasteiger partial charge in [0.1, 0.15) is 5.60 Å². The van der Waals surface area contributed by atoms with Crippen LogP contribution >= 0.6 is 11.6 Å². The number of nitrogens with zero attached hydrogens (tertiary/aromatic N) is 3. The molecular formula is C29H22ClN3O5. The first-order valence-corrected chi connectivity index (χ1v) is 12.7. The molecule has 1 fully saturated rings. The molecule has 9 heteroatoms. The highest BCUT2D eigenvalue weighted by Gasteiger charge is 2.61. The average molecular weight is 528 g/mol. The number of hydrogen-bond acceptors (Lipinski definition) is 6. The lowest BCUT2D eigenvalue weighted by Crippen LogP contribution is -2.25. The Bertz CT molecular complexity index is 1820. The topological polar surface area (TPSA) is 94.2 Å². The van der Waals surface area contributed by atoms with Gasteiger partial charge >= 0.3 is 0 Å². The van der Waals surface area contributed by atoms with Crippen molar-refractivity contribution in [3.8, 4) is 23.3 Å². The average Bonchev–Trinajstić information content (AvgIpc) is 3.62. The maximum atomic E-state index is 11.6. The third-order valence-corrected chi connectivity index (χ3v) is 8.15. The normalized spacial score (nSPS) is 21.7. The molecule has 2 atom stereocenters. The Hall–Kier alpha value is -4.19. The second kappa shape index (κ2) is 7.90. The number of ether oxygens (including phenoxy) is 2. The van der Waals surface area contributed by atoms with Crippen LogP contribution in [0.25, 0.3) is 32.3 Å². The number of fused-ring (bicyclic) bond motifs is 7. The molecule has 0 spiro atoms. The predicted octanol–water partition coefficient (Wildman–Crippen LogP) is 7.09. The molecule has 1 saturated heterocycles. The molecule has 2 aliphatic heterocycles. The van der Waals surface area contributed by atoms with Crippen LogP contribution in [-0.2, 0) is 15.9 Å². The third-order valence-electron chi connectivity index (χ3n) is 7.92. The SMILES string of the molecule is [C-]#[N+]c1ccc(-n2c(O)c3c(c2O)C2(CCOc4noc5cc(Cl)ccc45)CCC3(C)O2)c2ccccc12. The van der Waals surface area contributed by atoms with Gasteiger partial charge < -0.3 is 24.2 Å². The second-order valence-electron chi connectivity index (χ2n) is 10.0. The Morgan fingerprint density at radius 2 is 1.84 bits per heavy atom. The van der Waals surface area contributed by atoms with Gasteiger partial charge in [0.05, 0.1) is 41.0 Å². The molecule has 38 heavy (non-hydrogen) atoms. The summed E-state index contributed by atoms with van der Waals surface area (Å²) in [6.07, 6.45) is 1.80. The molecule has 2 N–H and O–H groups in total. The van der Waals surface area contributed by atoms with Gasteiger partial charge in [-0.3, -0.25) is 4.57 Å². The van der Waals surface area contributed by atoms with Gasteiger partial charge in [0.15, 0.2) is 11.3 Å². The van der Waals surface area contributed by atoms with Crippen molar-refractivity contribution in [3.63, 3.8) is 0 Å². The van der Waals surface area contributed by atoms with Gasteiger partial charge in [0.25, 0.3) is 5.88 Å². The Morgan fingerprint density at radius 1 is 1.05 bits per heavy atom. The van der Waals surface area contributed by atoms with Crippen LogP contribution in [0.2, 0.25) is 5.02 Å². The fourth-order valence-electron chi connectivity index (χ4n) is 6.20. The minimum absolute atomic E-state index is 0.0532. The molecule has 7 rings (SSSR count). The number of aromatic nitrogens is 2. The second-order valence-corrected chi connectivity index (χ2v) is 10.5. The largest absolute Gasteiger partial charge is 0.494 e. The molecule has 4 heterocycles. The summed E-state index contributed by atoms with van der Waals surface area (Å²) in [7, 11) is 0. The maximum Gasteiger partial charge on any atom is 0.262 e. The van der Waals surface area contributed by atoms with E-state index in [0.717, 1.165) is 16.2 Å². The molecule has 190 valence electrons. The summed E-state index contributed by atoms with van der Waals surface area (Å²) in [4.78, 5) is 3.63. The molecule has 3 aromatic carbocycles. The smallest absolute Gasteiger partial charge is 0.262 e. The number of hydrogen-bond donors (Lipinski definition) is 2. The third kappa shape index (κ3) is 3.03. The molecule has 2 aromatic heterocycles. The minimum atomic E-state index is -0.827. The van der Waals surface area contributed by atoms with Crippen LogP contribution in [0.1, 0.15) is 37.3 Å². The molecule has 0 saturated carbocycles. The van der Waals surface area contributed by atoms with Crippen LogP contribution in [0.5, 0.6) is 17.6 Å². The zero-order valence-electron chi connectivity index (χ0n) is 20.4. The number of aromatic hydroxyl groups is 2. The number of rotatable bonds is 5. The van der Waals surface area contributed by atoms with E-state index in [1.54, 1.807) is 30.3 Å². The van der Waals surface area contributed by atoms with Crippen molar-refractivity contribution < 1.29 is 24.2 Å². The quantitative estimate of drug-likeness (QED) is 0.237. The van der Waals surface area contributed by atoms with Gasteiger partial charge in [-0.25, -0.2) is 4.85 Å². The molecule has 0 amide bonds. The van der Waals surface area contributed by atoms with Gasteiger partial charge in [-0.15, -0.1) is 0 Å². The van der Waals surface area contributed by atoms with Crippen molar-refractivity contribution in [2.45, 2.75) is 37.4 Å². The molecule has 8 nitrogen and oxygen atoms in total. The van der Waals surface area contributed by atoms with Crippen molar-refractivity contribution in [2.24, 2.45) is 0 Å². The Morgan fingerprint density at radius 3 is 2.66 bits per heavy atom. The van der Waals surface area contributed by atoms with E-state index in [2.05, 4.69) is 10.0 Å². The van der Waals surface area contributed by atoms with E-state index >= 15 is 0 Å². The summed E-state index contributed by atoms with van der Waals surface area (Å²) in [5, 5.41) is 29.9. The van der Waals surface area contributed by atoms with Crippen LogP contribution < -0.4 is 4.74 Å². The van der Waals surface area contributed by atoms with E-state index < -0.39 is 11.2 Å². The van der Waals surface area contributed by atoms with Gasteiger partial charge in [-0.1, -0.05) is 41.9 Å². The van der Waals surface area contributed by atoms with Gasteiger partial charge in [-0.05, 0) is 53.9 Å². The van der Waals surface area contributed by atoms with Crippen LogP contribution in [-0.4, -0.2) is 26.5 Å². The van der Waals surface area contributed by atoms with E-state index in [1.807, 2.05) is 31.2 Å². The van der Waals surface area contributed by atoms with Gasteiger partial charge in [0.2, 0.25) is 11.8 Å². The molecule has 2 aliphatic rings. The zero-order chi connectivity index (χ0) is 26.2. The van der Waals surface area contributed by atoms with Gasteiger partial charge in [-0.2, -0.15) is 0 Å². The summed E-state index contributed by atoms with van der Waals surface area (Å²) < 4.78 is 19.3. The minimum Gasteiger partial charge on any atom is -0.494 e. The summed E-state index contributed by atoms with van der Waals surface area (Å²) in [5.74, 6) is 0.244. The van der Waals surface area contributed by atoms with Crippen LogP contribution in [0.4, 0.5) is 5.69 Å². The standard InChI is InChI=1S/C29H22ClN3O5/c1-28-11-12-29(38-28,13-14-36-25-19-8-7-16(30)15-22(19)37-32-25)24-23(28)26(34)33(27(24)35)21-10-9-20(31-2)17-5-3-4-6-18(17)21/h3-10,15,34-35H,11-14H2,1H3. The van der Waals surface area contributed by atoms with Crippen molar-refractivity contribution in [1.29, 1.82) is 0 Å². The summed E-state index contributed by atoms with van der Waals surface area (Å²) in [5.41, 5.74) is 1.25. The van der Waals surface area contributed by atoms with E-state index in [4.69, 9.17) is 32.2 Å². The van der Waals surface area contributed by atoms with Crippen LogP contribution in [0, 0.1) is 6.57 Å². The lowest BCUT2D eigenvalue weighted by atomic mass is 9.78. The van der Waals surface area contributed by atoms with Gasteiger partial charge in [0, 0.05) is 17.5 Å². The highest BCUT2D eigenvalue weighted by molar-refractivity contribution is 6.31. The summed E-state index contributed by atoms with van der Waals surface area (Å²) in [6.45, 7) is 9.72. The number of benzene rings is 3. The highest BCUT2D eigenvalue weighted by Crippen LogP contribution is 2.65. The fraction of sp³-hybridized carbons (Fsp3) is 0.241. The van der Waals surface area contributed by atoms with Crippen molar-refractivity contribution >= 4 is 39.0 Å². The summed E-state index contributed by atoms with van der Waals surface area (Å²) >= 11 is 6.04. The lowest BCUT2D eigenvalue weighted by Gasteiger charge is -2.26. The van der Waals surface area contributed by atoms with Crippen molar-refractivity contribution in [1.82, 2.24) is 9.72 Å². The molecular weight excluding hydrogens is 506 g/mol. The van der Waals surface area contributed by atoms with Crippen molar-refractivity contribution in [3.05, 3.63) is 82.2 Å². The molecule has 2 unspecified atom stereocenters. The first-order chi connectivity index (χ1) is 18.3. The fourth-order valence-corrected chi connectivity index (χ4v) is 6.36. The van der Waals surface area contributed by atoms with E-state index in [1.165, 1.54) is 4.57 Å². The Balaban J connectivity index is 1.28.